The fourth-order valence-corrected chi connectivity index (χ4v) is 5.73. The highest BCUT2D eigenvalue weighted by Crippen LogP contribution is 2.53. The van der Waals surface area contributed by atoms with Gasteiger partial charge in [-0.05, 0) is 77.1 Å². The summed E-state index contributed by atoms with van der Waals surface area (Å²) in [4.78, 5) is 0. The summed E-state index contributed by atoms with van der Waals surface area (Å²) in [7, 11) is 0. The van der Waals surface area contributed by atoms with Gasteiger partial charge < -0.3 is 0 Å². The first-order valence-corrected chi connectivity index (χ1v) is 11.3. The van der Waals surface area contributed by atoms with E-state index < -0.39 is 11.7 Å². The largest absolute Gasteiger partial charge is 0.416 e. The molecule has 0 nitrogen and oxygen atoms in total. The van der Waals surface area contributed by atoms with Crippen LogP contribution in [0.1, 0.15) is 53.0 Å². The molecule has 0 amide bonds. The Kier molecular flexibility index (Phi) is 4.75. The van der Waals surface area contributed by atoms with Crippen LogP contribution in [-0.2, 0) is 6.18 Å². The lowest BCUT2D eigenvalue weighted by Crippen LogP contribution is -2.10. The molecule has 0 heterocycles. The van der Waals surface area contributed by atoms with Crippen LogP contribution in [0.25, 0.3) is 17.2 Å². The molecule has 3 aromatic rings. The van der Waals surface area contributed by atoms with Crippen LogP contribution in [0.15, 0.2) is 69.1 Å². The van der Waals surface area contributed by atoms with Crippen molar-refractivity contribution in [1.29, 1.82) is 0 Å². The number of alkyl halides is 3. The van der Waals surface area contributed by atoms with Crippen molar-refractivity contribution in [2.45, 2.75) is 31.4 Å². The summed E-state index contributed by atoms with van der Waals surface area (Å²) in [5.41, 5.74) is 6.42. The molecule has 5 rings (SSSR count). The lowest BCUT2D eigenvalue weighted by Gasteiger charge is -2.22. The van der Waals surface area contributed by atoms with Gasteiger partial charge in [0.1, 0.15) is 0 Å². The van der Waals surface area contributed by atoms with Gasteiger partial charge in [0.25, 0.3) is 0 Å². The minimum Gasteiger partial charge on any atom is -0.166 e. The minimum absolute atomic E-state index is 0.0379. The fourth-order valence-electron chi connectivity index (χ4n) is 4.97. The van der Waals surface area contributed by atoms with Gasteiger partial charge in [-0.3, -0.25) is 0 Å². The van der Waals surface area contributed by atoms with E-state index in [0.29, 0.717) is 5.56 Å². The Morgan fingerprint density at radius 3 is 1.97 bits per heavy atom. The molecule has 0 aliphatic heterocycles. The molecule has 2 aliphatic carbocycles. The molecule has 0 saturated heterocycles. The Hall–Kier alpha value is -1.85. The Balaban J connectivity index is 1.61. The maximum Gasteiger partial charge on any atom is 0.416 e. The molecule has 1 unspecified atom stereocenters. The molecule has 0 bridgehead atoms. The third-order valence-electron chi connectivity index (χ3n) is 6.28. The predicted octanol–water partition coefficient (Wildman–Crippen LogP) is 8.93. The topological polar surface area (TPSA) is 0 Å². The van der Waals surface area contributed by atoms with E-state index in [-0.39, 0.29) is 11.8 Å². The Morgan fingerprint density at radius 2 is 1.40 bits per heavy atom. The van der Waals surface area contributed by atoms with Crippen molar-refractivity contribution in [3.05, 3.63) is 96.9 Å². The van der Waals surface area contributed by atoms with Crippen LogP contribution in [0.2, 0.25) is 0 Å². The van der Waals surface area contributed by atoms with Crippen LogP contribution in [0, 0.1) is 0 Å². The molecule has 0 fully saturated rings. The average Bonchev–Trinajstić information content (AvgIpc) is 3.15. The smallest absolute Gasteiger partial charge is 0.166 e. The van der Waals surface area contributed by atoms with Gasteiger partial charge in [0, 0.05) is 20.8 Å². The second-order valence-corrected chi connectivity index (χ2v) is 9.83. The second kappa shape index (κ2) is 7.10. The minimum atomic E-state index is -4.35. The number of fused-ring (bicyclic) bond motifs is 4. The highest BCUT2D eigenvalue weighted by Gasteiger charge is 2.38. The van der Waals surface area contributed by atoms with Crippen LogP contribution in [-0.4, -0.2) is 0 Å². The number of allylic oxidation sites excluding steroid dienone is 1. The molecular formula is C25H17Br2F3. The summed E-state index contributed by atoms with van der Waals surface area (Å²) in [6.07, 6.45) is -1.88. The van der Waals surface area contributed by atoms with Gasteiger partial charge in [-0.2, -0.15) is 13.2 Å². The van der Waals surface area contributed by atoms with E-state index in [9.17, 15) is 13.2 Å². The third-order valence-corrected chi connectivity index (χ3v) is 7.27. The van der Waals surface area contributed by atoms with Gasteiger partial charge in [0.2, 0.25) is 0 Å². The van der Waals surface area contributed by atoms with Gasteiger partial charge in [-0.25, -0.2) is 0 Å². The first-order chi connectivity index (χ1) is 14.2. The van der Waals surface area contributed by atoms with Crippen LogP contribution in [0.5, 0.6) is 0 Å². The molecule has 0 saturated carbocycles. The first kappa shape index (κ1) is 20.1. The van der Waals surface area contributed by atoms with Crippen LogP contribution in [0.4, 0.5) is 13.2 Å². The maximum atomic E-state index is 13.5. The van der Waals surface area contributed by atoms with E-state index in [0.717, 1.165) is 26.5 Å². The summed E-state index contributed by atoms with van der Waals surface area (Å²) < 4.78 is 42.7. The lowest BCUT2D eigenvalue weighted by atomic mass is 9.82. The molecule has 30 heavy (non-hydrogen) atoms. The van der Waals surface area contributed by atoms with Gasteiger partial charge in [-0.15, -0.1) is 0 Å². The molecule has 0 N–H and O–H groups in total. The highest BCUT2D eigenvalue weighted by atomic mass is 79.9. The highest BCUT2D eigenvalue weighted by molar-refractivity contribution is 9.10. The molecule has 152 valence electrons. The molecule has 2 aliphatic rings. The molecule has 1 atom stereocenters. The molecular weight excluding hydrogens is 517 g/mol. The van der Waals surface area contributed by atoms with Crippen molar-refractivity contribution in [1.82, 2.24) is 0 Å². The van der Waals surface area contributed by atoms with E-state index in [4.69, 9.17) is 0 Å². The van der Waals surface area contributed by atoms with E-state index in [1.54, 1.807) is 6.08 Å². The van der Waals surface area contributed by atoms with Crippen molar-refractivity contribution >= 4 is 37.9 Å². The van der Waals surface area contributed by atoms with E-state index in [1.807, 2.05) is 25.1 Å². The van der Waals surface area contributed by atoms with Crippen molar-refractivity contribution in [2.75, 3.05) is 0 Å². The molecule has 3 aromatic carbocycles. The number of hydrogen-bond acceptors (Lipinski definition) is 0. The molecule has 0 radical (unpaired) electrons. The van der Waals surface area contributed by atoms with Crippen LogP contribution < -0.4 is 0 Å². The second-order valence-electron chi connectivity index (χ2n) is 8.00. The van der Waals surface area contributed by atoms with Gasteiger partial charge >= 0.3 is 6.18 Å². The van der Waals surface area contributed by atoms with E-state index in [1.165, 1.54) is 34.4 Å². The number of halogens is 5. The van der Waals surface area contributed by atoms with E-state index >= 15 is 0 Å². The van der Waals surface area contributed by atoms with E-state index in [2.05, 4.69) is 56.1 Å². The summed E-state index contributed by atoms with van der Waals surface area (Å²) in [5, 5.41) is 0. The zero-order valence-electron chi connectivity index (χ0n) is 16.0. The fraction of sp³-hybridized carbons (Fsp3) is 0.200. The number of rotatable bonds is 2. The van der Waals surface area contributed by atoms with Gasteiger partial charge in [0.05, 0.1) is 5.56 Å². The van der Waals surface area contributed by atoms with Crippen LogP contribution in [0.3, 0.4) is 0 Å². The summed E-state index contributed by atoms with van der Waals surface area (Å²) in [5.74, 6) is 0.0860. The van der Waals surface area contributed by atoms with Crippen molar-refractivity contribution in [2.24, 2.45) is 0 Å². The predicted molar refractivity (Wildman–Crippen MR) is 122 cm³/mol. The van der Waals surface area contributed by atoms with Crippen molar-refractivity contribution in [3.63, 3.8) is 0 Å². The van der Waals surface area contributed by atoms with Crippen molar-refractivity contribution < 1.29 is 13.2 Å². The number of benzene rings is 3. The SMILES string of the molecule is CC1=Cc2c(cccc2C(F)(F)F)C1CC1c2cc(Br)ccc2-c2ccc(Br)cc21. The lowest BCUT2D eigenvalue weighted by molar-refractivity contribution is -0.137. The van der Waals surface area contributed by atoms with Gasteiger partial charge in [0.15, 0.2) is 0 Å². The summed E-state index contributed by atoms with van der Waals surface area (Å²) >= 11 is 7.18. The zero-order valence-corrected chi connectivity index (χ0v) is 19.2. The van der Waals surface area contributed by atoms with Crippen molar-refractivity contribution in [3.8, 4) is 11.1 Å². The normalized spacial score (nSPS) is 17.5. The molecule has 0 aromatic heterocycles. The molecule has 0 spiro atoms. The maximum absolute atomic E-state index is 13.5. The standard InChI is InChI=1S/C25H17Br2F3/c1-13-9-23-16(3-2-4-24(23)25(28,29)30)19(13)12-22-20-10-14(26)5-7-17(20)18-8-6-15(27)11-21(18)22/h2-11,19,22H,12H2,1H3. The van der Waals surface area contributed by atoms with Crippen LogP contribution >= 0.6 is 31.9 Å². The Morgan fingerprint density at radius 1 is 0.800 bits per heavy atom. The zero-order chi connectivity index (χ0) is 21.2. The quantitative estimate of drug-likeness (QED) is 0.308. The number of hydrogen-bond donors (Lipinski definition) is 0. The monoisotopic (exact) mass is 532 g/mol. The average molecular weight is 534 g/mol. The summed E-state index contributed by atoms with van der Waals surface area (Å²) in [6.45, 7) is 1.95. The first-order valence-electron chi connectivity index (χ1n) is 9.71. The van der Waals surface area contributed by atoms with Gasteiger partial charge in [-0.1, -0.05) is 67.8 Å². The Bertz CT molecular complexity index is 1160. The summed E-state index contributed by atoms with van der Waals surface area (Å²) in [6, 6.07) is 17.2. The molecule has 5 heteroatoms. The third kappa shape index (κ3) is 3.18. The Labute approximate surface area is 190 Å².